The van der Waals surface area contributed by atoms with Gasteiger partial charge in [-0.05, 0) is 45.1 Å². The second-order valence-electron chi connectivity index (χ2n) is 4.90. The first-order valence-corrected chi connectivity index (χ1v) is 6.66. The van der Waals surface area contributed by atoms with Crippen LogP contribution in [0, 0.1) is 0 Å². The Morgan fingerprint density at radius 2 is 2.21 bits per heavy atom. The highest BCUT2D eigenvalue weighted by molar-refractivity contribution is 5.87. The number of methoxy groups -OCH3 is 1. The van der Waals surface area contributed by atoms with Crippen molar-refractivity contribution in [2.24, 2.45) is 0 Å². The zero-order valence-electron chi connectivity index (χ0n) is 11.6. The molecule has 0 saturated carbocycles. The summed E-state index contributed by atoms with van der Waals surface area (Å²) in [4.78, 5) is 18.1. The molecule has 104 valence electrons. The van der Waals surface area contributed by atoms with E-state index in [1.807, 2.05) is 12.1 Å². The molecule has 5 heteroatoms. The number of aromatic nitrogens is 1. The minimum atomic E-state index is -0.383. The van der Waals surface area contributed by atoms with Crippen molar-refractivity contribution in [1.29, 1.82) is 0 Å². The quantitative estimate of drug-likeness (QED) is 0.823. The van der Waals surface area contributed by atoms with Crippen LogP contribution in [0.4, 0.5) is 0 Å². The third-order valence-electron chi connectivity index (χ3n) is 3.54. The maximum atomic E-state index is 11.4. The Kier molecular flexibility index (Phi) is 4.87. The summed E-state index contributed by atoms with van der Waals surface area (Å²) in [5.41, 5.74) is 1.28. The molecule has 0 bridgehead atoms. The maximum Gasteiger partial charge on any atom is 0.356 e. The number of carbonyl (C=O) groups excluding carboxylic acids is 1. The zero-order chi connectivity index (χ0) is 13.7. The van der Waals surface area contributed by atoms with Crippen molar-refractivity contribution in [3.63, 3.8) is 0 Å². The Morgan fingerprint density at radius 1 is 1.47 bits per heavy atom. The highest BCUT2D eigenvalue weighted by Crippen LogP contribution is 2.13. The Hall–Kier alpha value is -1.46. The first-order chi connectivity index (χ1) is 9.20. The van der Waals surface area contributed by atoms with E-state index < -0.39 is 0 Å². The minimum absolute atomic E-state index is 0.374. The van der Waals surface area contributed by atoms with Gasteiger partial charge in [0.05, 0.1) is 12.8 Å². The molecule has 2 rings (SSSR count). The lowest BCUT2D eigenvalue weighted by atomic mass is 10.1. The van der Waals surface area contributed by atoms with Crippen molar-refractivity contribution in [3.8, 4) is 0 Å². The fourth-order valence-corrected chi connectivity index (χ4v) is 2.42. The van der Waals surface area contributed by atoms with Gasteiger partial charge in [-0.25, -0.2) is 9.78 Å². The van der Waals surface area contributed by atoms with Gasteiger partial charge in [-0.2, -0.15) is 0 Å². The van der Waals surface area contributed by atoms with E-state index in [0.717, 1.165) is 38.2 Å². The molecule has 19 heavy (non-hydrogen) atoms. The topological polar surface area (TPSA) is 54.5 Å². The van der Waals surface area contributed by atoms with E-state index in [0.29, 0.717) is 11.7 Å². The molecule has 1 aromatic heterocycles. The molecule has 0 unspecified atom stereocenters. The van der Waals surface area contributed by atoms with Crippen LogP contribution >= 0.6 is 0 Å². The Balaban J connectivity index is 1.99. The molecule has 5 nitrogen and oxygen atoms in total. The van der Waals surface area contributed by atoms with Crippen molar-refractivity contribution >= 4 is 5.97 Å². The largest absolute Gasteiger partial charge is 0.464 e. The third-order valence-corrected chi connectivity index (χ3v) is 3.54. The first kappa shape index (κ1) is 14.0. The molecule has 0 aliphatic carbocycles. The fourth-order valence-electron chi connectivity index (χ4n) is 2.42. The lowest BCUT2D eigenvalue weighted by molar-refractivity contribution is 0.0593. The van der Waals surface area contributed by atoms with Gasteiger partial charge in [0.25, 0.3) is 0 Å². The molecule has 2 heterocycles. The van der Waals surface area contributed by atoms with Gasteiger partial charge in [0.1, 0.15) is 5.69 Å². The van der Waals surface area contributed by atoms with Crippen LogP contribution in [-0.2, 0) is 11.3 Å². The number of rotatable bonds is 4. The van der Waals surface area contributed by atoms with Crippen molar-refractivity contribution in [2.75, 3.05) is 27.2 Å². The van der Waals surface area contributed by atoms with E-state index in [4.69, 9.17) is 0 Å². The van der Waals surface area contributed by atoms with Crippen LogP contribution < -0.4 is 5.32 Å². The van der Waals surface area contributed by atoms with E-state index in [1.165, 1.54) is 7.11 Å². The number of hydrogen-bond acceptors (Lipinski definition) is 5. The molecule has 1 aromatic rings. The van der Waals surface area contributed by atoms with Crippen LogP contribution in [0.1, 0.15) is 29.0 Å². The number of nitrogens with zero attached hydrogens (tertiary/aromatic N) is 2. The number of hydrogen-bond donors (Lipinski definition) is 1. The molecule has 0 spiro atoms. The monoisotopic (exact) mass is 263 g/mol. The first-order valence-electron chi connectivity index (χ1n) is 6.66. The second kappa shape index (κ2) is 6.63. The smallest absolute Gasteiger partial charge is 0.356 e. The predicted molar refractivity (Wildman–Crippen MR) is 72.9 cm³/mol. The maximum absolute atomic E-state index is 11.4. The van der Waals surface area contributed by atoms with Gasteiger partial charge in [-0.1, -0.05) is 6.07 Å². The number of carbonyl (C=O) groups is 1. The van der Waals surface area contributed by atoms with E-state index in [2.05, 4.69) is 27.0 Å². The van der Waals surface area contributed by atoms with E-state index in [1.54, 1.807) is 6.07 Å². The summed E-state index contributed by atoms with van der Waals surface area (Å²) in [6, 6.07) is 6.07. The molecule has 1 N–H and O–H groups in total. The number of ether oxygens (including phenoxy) is 1. The average molecular weight is 263 g/mol. The van der Waals surface area contributed by atoms with Crippen molar-refractivity contribution in [1.82, 2.24) is 15.2 Å². The lowest BCUT2D eigenvalue weighted by Crippen LogP contribution is -2.40. The van der Waals surface area contributed by atoms with Crippen LogP contribution in [0.3, 0.4) is 0 Å². The van der Waals surface area contributed by atoms with Crippen LogP contribution in [0.5, 0.6) is 0 Å². The molecule has 0 radical (unpaired) electrons. The number of nitrogens with one attached hydrogen (secondary N) is 1. The van der Waals surface area contributed by atoms with Gasteiger partial charge in [0.15, 0.2) is 0 Å². The molecule has 1 aliphatic heterocycles. The van der Waals surface area contributed by atoms with Crippen LogP contribution in [-0.4, -0.2) is 49.1 Å². The lowest BCUT2D eigenvalue weighted by Gasteiger charge is -2.31. The van der Waals surface area contributed by atoms with Crippen LogP contribution in [0.25, 0.3) is 0 Å². The van der Waals surface area contributed by atoms with Gasteiger partial charge in [0, 0.05) is 12.6 Å². The number of pyridine rings is 1. The molecular formula is C14H21N3O2. The molecule has 1 fully saturated rings. The third kappa shape index (κ3) is 3.75. The molecule has 0 atom stereocenters. The summed E-state index contributed by atoms with van der Waals surface area (Å²) in [6.07, 6.45) is 2.32. The molecular weight excluding hydrogens is 242 g/mol. The van der Waals surface area contributed by atoms with Crippen molar-refractivity contribution in [3.05, 3.63) is 29.6 Å². The van der Waals surface area contributed by atoms with E-state index >= 15 is 0 Å². The Bertz CT molecular complexity index is 430. The van der Waals surface area contributed by atoms with Gasteiger partial charge >= 0.3 is 5.97 Å². The van der Waals surface area contributed by atoms with Crippen molar-refractivity contribution < 1.29 is 9.53 Å². The van der Waals surface area contributed by atoms with Crippen molar-refractivity contribution in [2.45, 2.75) is 25.4 Å². The van der Waals surface area contributed by atoms with Gasteiger partial charge in [-0.15, -0.1) is 0 Å². The highest BCUT2D eigenvalue weighted by Gasteiger charge is 2.18. The average Bonchev–Trinajstić information content (AvgIpc) is 2.47. The van der Waals surface area contributed by atoms with Gasteiger partial charge < -0.3 is 10.1 Å². The summed E-state index contributed by atoms with van der Waals surface area (Å²) < 4.78 is 4.69. The summed E-state index contributed by atoms with van der Waals surface area (Å²) in [5, 5.41) is 3.36. The molecule has 0 aromatic carbocycles. The Labute approximate surface area is 114 Å². The zero-order valence-corrected chi connectivity index (χ0v) is 11.6. The summed E-state index contributed by atoms with van der Waals surface area (Å²) in [6.45, 7) is 2.91. The van der Waals surface area contributed by atoms with Crippen LogP contribution in [0.2, 0.25) is 0 Å². The predicted octanol–water partition coefficient (Wildman–Crippen LogP) is 1.05. The Morgan fingerprint density at radius 3 is 2.89 bits per heavy atom. The van der Waals surface area contributed by atoms with E-state index in [9.17, 15) is 4.79 Å². The minimum Gasteiger partial charge on any atom is -0.464 e. The fraction of sp³-hybridized carbons (Fsp3) is 0.571. The van der Waals surface area contributed by atoms with Gasteiger partial charge in [0.2, 0.25) is 0 Å². The molecule has 1 saturated heterocycles. The van der Waals surface area contributed by atoms with E-state index in [-0.39, 0.29) is 5.97 Å². The molecule has 1 aliphatic rings. The standard InChI is InChI=1S/C14H21N3O2/c1-17(12-6-8-15-9-7-12)10-11-4-3-5-13(16-11)14(18)19-2/h3-5,12,15H,6-10H2,1-2H3. The van der Waals surface area contributed by atoms with Crippen LogP contribution in [0.15, 0.2) is 18.2 Å². The molecule has 0 amide bonds. The summed E-state index contributed by atoms with van der Waals surface area (Å²) in [5.74, 6) is -0.383. The number of esters is 1. The SMILES string of the molecule is COC(=O)c1cccc(CN(C)C2CCNCC2)n1. The highest BCUT2D eigenvalue weighted by atomic mass is 16.5. The van der Waals surface area contributed by atoms with Gasteiger partial charge in [-0.3, -0.25) is 4.90 Å². The summed E-state index contributed by atoms with van der Waals surface area (Å²) >= 11 is 0. The second-order valence-corrected chi connectivity index (χ2v) is 4.90. The summed E-state index contributed by atoms with van der Waals surface area (Å²) in [7, 11) is 3.49. The normalized spacial score (nSPS) is 16.6. The number of piperidine rings is 1.